The van der Waals surface area contributed by atoms with Gasteiger partial charge in [0.1, 0.15) is 0 Å². The highest BCUT2D eigenvalue weighted by Crippen LogP contribution is 2.40. The van der Waals surface area contributed by atoms with E-state index in [1.807, 2.05) is 0 Å². The number of rotatable bonds is 0. The van der Waals surface area contributed by atoms with Crippen molar-refractivity contribution in [2.45, 2.75) is 38.1 Å². The number of hydrogen-bond acceptors (Lipinski definition) is 2. The Morgan fingerprint density at radius 1 is 1.24 bits per heavy atom. The molecule has 0 radical (unpaired) electrons. The smallest absolute Gasteiger partial charge is 0.0592 e. The van der Waals surface area contributed by atoms with Gasteiger partial charge in [0.25, 0.3) is 0 Å². The topological polar surface area (TPSA) is 24.1 Å². The fourth-order valence-electron chi connectivity index (χ4n) is 2.98. The number of halogens is 1. The van der Waals surface area contributed by atoms with Crippen LogP contribution in [-0.4, -0.2) is 12.1 Å². The van der Waals surface area contributed by atoms with Crippen LogP contribution in [0.5, 0.6) is 0 Å². The lowest BCUT2D eigenvalue weighted by Crippen LogP contribution is -2.49. The maximum atomic E-state index is 3.78. The highest BCUT2D eigenvalue weighted by molar-refractivity contribution is 9.10. The molecule has 92 valence electrons. The summed E-state index contributed by atoms with van der Waals surface area (Å²) in [5, 5.41) is 7.36. The monoisotopic (exact) mass is 294 g/mol. The van der Waals surface area contributed by atoms with Crippen LogP contribution in [0, 0.1) is 5.92 Å². The van der Waals surface area contributed by atoms with Crippen LogP contribution in [0.25, 0.3) is 0 Å². The van der Waals surface area contributed by atoms with Gasteiger partial charge in [-0.05, 0) is 49.8 Å². The van der Waals surface area contributed by atoms with Gasteiger partial charge in [-0.15, -0.1) is 0 Å². The van der Waals surface area contributed by atoms with Crippen molar-refractivity contribution in [3.8, 4) is 0 Å². The van der Waals surface area contributed by atoms with E-state index in [-0.39, 0.29) is 0 Å². The van der Waals surface area contributed by atoms with E-state index in [1.54, 1.807) is 0 Å². The second-order valence-corrected chi connectivity index (χ2v) is 6.55. The van der Waals surface area contributed by atoms with Gasteiger partial charge in [-0.2, -0.15) is 0 Å². The molecule has 0 unspecified atom stereocenters. The maximum Gasteiger partial charge on any atom is 0.0592 e. The second-order valence-electron chi connectivity index (χ2n) is 5.63. The first-order valence-corrected chi connectivity index (χ1v) is 7.28. The van der Waals surface area contributed by atoms with Crippen molar-refractivity contribution in [3.05, 3.63) is 22.7 Å². The minimum Gasteiger partial charge on any atom is -0.381 e. The summed E-state index contributed by atoms with van der Waals surface area (Å²) < 4.78 is 1.15. The molecule has 1 aromatic carbocycles. The lowest BCUT2D eigenvalue weighted by molar-refractivity contribution is 0.274. The Labute approximate surface area is 111 Å². The number of fused-ring (bicyclic) bond motifs is 1. The van der Waals surface area contributed by atoms with E-state index in [0.29, 0.717) is 5.54 Å². The fraction of sp³-hybridized carbons (Fsp3) is 0.571. The standard InChI is InChI=1S/C14H19BrN2/c1-10-4-6-14(7-5-10)9-16-12-3-2-11(15)8-13(12)17-14/h2-3,8,10,16-17H,4-7,9H2,1H3. The SMILES string of the molecule is CC1CCC2(CC1)CNc1ccc(Br)cc1N2. The molecule has 0 bridgehead atoms. The molecule has 2 nitrogen and oxygen atoms in total. The molecular formula is C14H19BrN2. The normalized spacial score (nSPS) is 31.5. The van der Waals surface area contributed by atoms with Crippen molar-refractivity contribution in [1.82, 2.24) is 0 Å². The van der Waals surface area contributed by atoms with Gasteiger partial charge in [0, 0.05) is 11.0 Å². The molecule has 2 N–H and O–H groups in total. The largest absolute Gasteiger partial charge is 0.381 e. The van der Waals surface area contributed by atoms with Crippen molar-refractivity contribution >= 4 is 27.3 Å². The Kier molecular flexibility index (Phi) is 2.81. The molecule has 3 rings (SSSR count). The number of hydrogen-bond donors (Lipinski definition) is 2. The molecule has 1 spiro atoms. The van der Waals surface area contributed by atoms with Crippen molar-refractivity contribution < 1.29 is 0 Å². The molecule has 1 heterocycles. The fourth-order valence-corrected chi connectivity index (χ4v) is 3.35. The van der Waals surface area contributed by atoms with E-state index < -0.39 is 0 Å². The van der Waals surface area contributed by atoms with Crippen LogP contribution in [0.1, 0.15) is 32.6 Å². The quantitative estimate of drug-likeness (QED) is 0.748. The molecule has 0 amide bonds. The highest BCUT2D eigenvalue weighted by atomic mass is 79.9. The number of nitrogens with one attached hydrogen (secondary N) is 2. The number of benzene rings is 1. The van der Waals surface area contributed by atoms with Gasteiger partial charge in [-0.25, -0.2) is 0 Å². The van der Waals surface area contributed by atoms with E-state index in [4.69, 9.17) is 0 Å². The van der Waals surface area contributed by atoms with E-state index in [9.17, 15) is 0 Å². The molecule has 1 aliphatic heterocycles. The molecule has 1 aliphatic carbocycles. The summed E-state index contributed by atoms with van der Waals surface area (Å²) in [6.45, 7) is 3.43. The van der Waals surface area contributed by atoms with E-state index in [0.717, 1.165) is 16.9 Å². The first-order chi connectivity index (χ1) is 8.17. The zero-order chi connectivity index (χ0) is 11.9. The van der Waals surface area contributed by atoms with E-state index >= 15 is 0 Å². The van der Waals surface area contributed by atoms with Gasteiger partial charge >= 0.3 is 0 Å². The van der Waals surface area contributed by atoms with Crippen molar-refractivity contribution in [2.24, 2.45) is 5.92 Å². The van der Waals surface area contributed by atoms with E-state index in [1.165, 1.54) is 37.1 Å². The molecule has 1 saturated carbocycles. The van der Waals surface area contributed by atoms with Gasteiger partial charge < -0.3 is 10.6 Å². The minimum atomic E-state index is 0.292. The average Bonchev–Trinajstić information content (AvgIpc) is 2.33. The molecule has 1 aromatic rings. The third-order valence-corrected chi connectivity index (χ3v) is 4.72. The predicted molar refractivity (Wildman–Crippen MR) is 76.6 cm³/mol. The Morgan fingerprint density at radius 2 is 2.00 bits per heavy atom. The van der Waals surface area contributed by atoms with Crippen LogP contribution in [0.2, 0.25) is 0 Å². The third kappa shape index (κ3) is 2.17. The summed E-state index contributed by atoms with van der Waals surface area (Å²) in [6, 6.07) is 6.42. The summed E-state index contributed by atoms with van der Waals surface area (Å²) in [6.07, 6.45) is 5.26. The zero-order valence-electron chi connectivity index (χ0n) is 10.2. The predicted octanol–water partition coefficient (Wildman–Crippen LogP) is 4.24. The van der Waals surface area contributed by atoms with Crippen LogP contribution in [0.15, 0.2) is 22.7 Å². The van der Waals surface area contributed by atoms with Gasteiger partial charge in [-0.1, -0.05) is 22.9 Å². The molecule has 2 aliphatic rings. The zero-order valence-corrected chi connectivity index (χ0v) is 11.8. The molecular weight excluding hydrogens is 276 g/mol. The van der Waals surface area contributed by atoms with Crippen LogP contribution in [0.3, 0.4) is 0 Å². The highest BCUT2D eigenvalue weighted by Gasteiger charge is 2.36. The van der Waals surface area contributed by atoms with Gasteiger partial charge in [-0.3, -0.25) is 0 Å². The van der Waals surface area contributed by atoms with E-state index in [2.05, 4.69) is 51.7 Å². The molecule has 0 saturated heterocycles. The van der Waals surface area contributed by atoms with Crippen LogP contribution in [-0.2, 0) is 0 Å². The molecule has 0 aromatic heterocycles. The van der Waals surface area contributed by atoms with Crippen molar-refractivity contribution in [3.63, 3.8) is 0 Å². The molecule has 0 atom stereocenters. The Hall–Kier alpha value is -0.700. The summed E-state index contributed by atoms with van der Waals surface area (Å²) in [4.78, 5) is 0. The lowest BCUT2D eigenvalue weighted by atomic mass is 9.76. The maximum absolute atomic E-state index is 3.78. The number of anilines is 2. The first kappa shape index (κ1) is 11.4. The van der Waals surface area contributed by atoms with Gasteiger partial charge in [0.15, 0.2) is 0 Å². The lowest BCUT2D eigenvalue weighted by Gasteiger charge is -2.44. The summed E-state index contributed by atoms with van der Waals surface area (Å²) in [5.41, 5.74) is 2.78. The average molecular weight is 295 g/mol. The second kappa shape index (κ2) is 4.20. The van der Waals surface area contributed by atoms with Crippen molar-refractivity contribution in [2.75, 3.05) is 17.2 Å². The molecule has 1 fully saturated rings. The molecule has 3 heteroatoms. The van der Waals surface area contributed by atoms with Gasteiger partial charge in [0.2, 0.25) is 0 Å². The summed E-state index contributed by atoms with van der Waals surface area (Å²) in [7, 11) is 0. The van der Waals surface area contributed by atoms with Crippen LogP contribution in [0.4, 0.5) is 11.4 Å². The Balaban J connectivity index is 1.84. The van der Waals surface area contributed by atoms with Crippen molar-refractivity contribution in [1.29, 1.82) is 0 Å². The Bertz CT molecular complexity index is 422. The minimum absolute atomic E-state index is 0.292. The van der Waals surface area contributed by atoms with Crippen LogP contribution >= 0.6 is 15.9 Å². The third-order valence-electron chi connectivity index (χ3n) is 4.23. The summed E-state index contributed by atoms with van der Waals surface area (Å²) >= 11 is 3.54. The Morgan fingerprint density at radius 3 is 2.76 bits per heavy atom. The summed E-state index contributed by atoms with van der Waals surface area (Å²) in [5.74, 6) is 0.895. The molecule has 17 heavy (non-hydrogen) atoms. The van der Waals surface area contributed by atoms with Gasteiger partial charge in [0.05, 0.1) is 16.9 Å². The first-order valence-electron chi connectivity index (χ1n) is 6.49. The van der Waals surface area contributed by atoms with Crippen LogP contribution < -0.4 is 10.6 Å².